The predicted octanol–water partition coefficient (Wildman–Crippen LogP) is 1.60. The van der Waals surface area contributed by atoms with Crippen LogP contribution in [-0.2, 0) is 4.74 Å². The lowest BCUT2D eigenvalue weighted by molar-refractivity contribution is 0.0444. The van der Waals surface area contributed by atoms with Crippen LogP contribution in [0.5, 0.6) is 5.75 Å². The predicted molar refractivity (Wildman–Crippen MR) is 73.4 cm³/mol. The Kier molecular flexibility index (Phi) is 4.49. The van der Waals surface area contributed by atoms with Crippen LogP contribution in [0.25, 0.3) is 0 Å². The minimum absolute atomic E-state index is 0.0167. The molecule has 0 aliphatic rings. The number of benzene rings is 1. The van der Waals surface area contributed by atoms with E-state index in [1.165, 1.54) is 12.4 Å². The highest BCUT2D eigenvalue weighted by Crippen LogP contribution is 2.12. The average Bonchev–Trinajstić information content (AvgIpc) is 2.44. The first-order valence-corrected chi connectivity index (χ1v) is 6.10. The maximum Gasteiger partial charge on any atom is 0.360 e. The Hall–Kier alpha value is -2.63. The molecule has 1 heterocycles. The number of hydrogen-bond donors (Lipinski definition) is 1. The highest BCUT2D eigenvalue weighted by molar-refractivity contribution is 5.91. The zero-order valence-corrected chi connectivity index (χ0v) is 11.1. The minimum atomic E-state index is -0.608. The van der Waals surface area contributed by atoms with Gasteiger partial charge in [0, 0.05) is 12.4 Å². The van der Waals surface area contributed by atoms with Crippen LogP contribution in [0.1, 0.15) is 16.1 Å². The van der Waals surface area contributed by atoms with Gasteiger partial charge in [0.05, 0.1) is 0 Å². The van der Waals surface area contributed by atoms with E-state index in [0.29, 0.717) is 0 Å². The number of carbonyl (C=O) groups excluding carboxylic acids is 1. The zero-order valence-electron chi connectivity index (χ0n) is 11.1. The maximum absolute atomic E-state index is 11.7. The lowest BCUT2D eigenvalue weighted by Crippen LogP contribution is -2.15. The van der Waals surface area contributed by atoms with Crippen molar-refractivity contribution in [3.8, 4) is 5.75 Å². The standard InChI is InChI=1S/C14H15N3O3/c1-10-3-2-4-11(9-10)19-7-8-20-14(18)12-13(15)17-6-5-16-12/h2-6,9H,7-8H2,1H3,(H2,15,17). The number of aryl methyl sites for hydroxylation is 1. The van der Waals surface area contributed by atoms with Crippen molar-refractivity contribution in [1.82, 2.24) is 9.97 Å². The van der Waals surface area contributed by atoms with Gasteiger partial charge in [-0.3, -0.25) is 0 Å². The van der Waals surface area contributed by atoms with Crippen molar-refractivity contribution in [2.75, 3.05) is 18.9 Å². The number of nitrogen functional groups attached to an aromatic ring is 1. The van der Waals surface area contributed by atoms with Crippen LogP contribution in [0.2, 0.25) is 0 Å². The molecule has 20 heavy (non-hydrogen) atoms. The number of nitrogens with two attached hydrogens (primary N) is 1. The quantitative estimate of drug-likeness (QED) is 0.657. The number of aromatic nitrogens is 2. The Morgan fingerprint density at radius 2 is 2.05 bits per heavy atom. The zero-order chi connectivity index (χ0) is 14.4. The van der Waals surface area contributed by atoms with E-state index in [9.17, 15) is 4.79 Å². The number of rotatable bonds is 5. The number of ether oxygens (including phenoxy) is 2. The summed E-state index contributed by atoms with van der Waals surface area (Å²) < 4.78 is 10.5. The molecule has 0 saturated heterocycles. The molecule has 104 valence electrons. The third kappa shape index (κ3) is 3.68. The molecule has 2 N–H and O–H groups in total. The summed E-state index contributed by atoms with van der Waals surface area (Å²) in [5.41, 5.74) is 6.65. The van der Waals surface area contributed by atoms with Crippen molar-refractivity contribution < 1.29 is 14.3 Å². The van der Waals surface area contributed by atoms with Crippen LogP contribution in [0, 0.1) is 6.92 Å². The van der Waals surface area contributed by atoms with E-state index in [-0.39, 0.29) is 24.7 Å². The van der Waals surface area contributed by atoms with Crippen molar-refractivity contribution in [1.29, 1.82) is 0 Å². The van der Waals surface area contributed by atoms with Gasteiger partial charge < -0.3 is 15.2 Å². The summed E-state index contributed by atoms with van der Waals surface area (Å²) in [5, 5.41) is 0. The van der Waals surface area contributed by atoms with Crippen LogP contribution in [0.3, 0.4) is 0 Å². The van der Waals surface area contributed by atoms with Gasteiger partial charge in [0.1, 0.15) is 19.0 Å². The molecule has 6 nitrogen and oxygen atoms in total. The van der Waals surface area contributed by atoms with Gasteiger partial charge in [0.15, 0.2) is 11.5 Å². The first-order valence-electron chi connectivity index (χ1n) is 6.10. The summed E-state index contributed by atoms with van der Waals surface area (Å²) in [6, 6.07) is 7.62. The third-order valence-electron chi connectivity index (χ3n) is 2.49. The molecule has 0 amide bonds. The lowest BCUT2D eigenvalue weighted by Gasteiger charge is -2.08. The van der Waals surface area contributed by atoms with Crippen LogP contribution < -0.4 is 10.5 Å². The first kappa shape index (κ1) is 13.8. The minimum Gasteiger partial charge on any atom is -0.490 e. The third-order valence-corrected chi connectivity index (χ3v) is 2.49. The van der Waals surface area contributed by atoms with Gasteiger partial charge in [-0.1, -0.05) is 12.1 Å². The molecule has 0 fully saturated rings. The number of anilines is 1. The molecule has 2 rings (SSSR count). The molecular formula is C14H15N3O3. The fraction of sp³-hybridized carbons (Fsp3) is 0.214. The molecule has 0 bridgehead atoms. The lowest BCUT2D eigenvalue weighted by atomic mass is 10.2. The molecule has 0 saturated carbocycles. The van der Waals surface area contributed by atoms with Gasteiger partial charge in [0.25, 0.3) is 0 Å². The van der Waals surface area contributed by atoms with E-state index >= 15 is 0 Å². The van der Waals surface area contributed by atoms with E-state index in [2.05, 4.69) is 9.97 Å². The SMILES string of the molecule is Cc1cccc(OCCOC(=O)c2nccnc2N)c1. The smallest absolute Gasteiger partial charge is 0.360 e. The summed E-state index contributed by atoms with van der Waals surface area (Å²) in [5.74, 6) is 0.181. The van der Waals surface area contributed by atoms with Gasteiger partial charge in [-0.05, 0) is 24.6 Å². The monoisotopic (exact) mass is 273 g/mol. The van der Waals surface area contributed by atoms with Crippen molar-refractivity contribution in [3.05, 3.63) is 47.9 Å². The Balaban J connectivity index is 1.79. The van der Waals surface area contributed by atoms with Gasteiger partial charge >= 0.3 is 5.97 Å². The van der Waals surface area contributed by atoms with E-state index < -0.39 is 5.97 Å². The highest BCUT2D eigenvalue weighted by atomic mass is 16.6. The Morgan fingerprint density at radius 3 is 2.80 bits per heavy atom. The van der Waals surface area contributed by atoms with Crippen LogP contribution in [0.4, 0.5) is 5.82 Å². The molecule has 0 unspecified atom stereocenters. The Labute approximate surface area is 116 Å². The van der Waals surface area contributed by atoms with Crippen molar-refractivity contribution in [2.45, 2.75) is 6.92 Å². The molecule has 0 atom stereocenters. The average molecular weight is 273 g/mol. The molecule has 0 aliphatic carbocycles. The maximum atomic E-state index is 11.7. The Bertz CT molecular complexity index is 602. The molecule has 0 aliphatic heterocycles. The van der Waals surface area contributed by atoms with Crippen LogP contribution in [0.15, 0.2) is 36.7 Å². The second kappa shape index (κ2) is 6.51. The number of carbonyl (C=O) groups is 1. The summed E-state index contributed by atoms with van der Waals surface area (Å²) in [7, 11) is 0. The summed E-state index contributed by atoms with van der Waals surface area (Å²) in [4.78, 5) is 19.3. The number of esters is 1. The fourth-order valence-corrected chi connectivity index (χ4v) is 1.57. The van der Waals surface area contributed by atoms with E-state index in [4.69, 9.17) is 15.2 Å². The second-order valence-electron chi connectivity index (χ2n) is 4.09. The first-order chi connectivity index (χ1) is 9.66. The van der Waals surface area contributed by atoms with Gasteiger partial charge in [0.2, 0.25) is 0 Å². The van der Waals surface area contributed by atoms with Crippen molar-refractivity contribution in [3.63, 3.8) is 0 Å². The second-order valence-corrected chi connectivity index (χ2v) is 4.09. The highest BCUT2D eigenvalue weighted by Gasteiger charge is 2.13. The van der Waals surface area contributed by atoms with E-state index in [1.54, 1.807) is 0 Å². The molecule has 2 aromatic rings. The van der Waals surface area contributed by atoms with E-state index in [1.807, 2.05) is 31.2 Å². The van der Waals surface area contributed by atoms with Crippen LogP contribution in [-0.4, -0.2) is 29.2 Å². The summed E-state index contributed by atoms with van der Waals surface area (Å²) >= 11 is 0. The topological polar surface area (TPSA) is 87.3 Å². The van der Waals surface area contributed by atoms with Gasteiger partial charge in [-0.25, -0.2) is 14.8 Å². The Morgan fingerprint density at radius 1 is 1.25 bits per heavy atom. The molecule has 0 spiro atoms. The summed E-state index contributed by atoms with van der Waals surface area (Å²) in [6.45, 7) is 2.35. The number of hydrogen-bond acceptors (Lipinski definition) is 6. The number of nitrogens with zero attached hydrogens (tertiary/aromatic N) is 2. The summed E-state index contributed by atoms with van der Waals surface area (Å²) in [6.07, 6.45) is 2.79. The van der Waals surface area contributed by atoms with Crippen LogP contribution >= 0.6 is 0 Å². The van der Waals surface area contributed by atoms with Gasteiger partial charge in [-0.2, -0.15) is 0 Å². The molecular weight excluding hydrogens is 258 g/mol. The van der Waals surface area contributed by atoms with Crippen molar-refractivity contribution in [2.24, 2.45) is 0 Å². The molecule has 6 heteroatoms. The molecule has 1 aromatic carbocycles. The molecule has 1 aromatic heterocycles. The molecule has 0 radical (unpaired) electrons. The van der Waals surface area contributed by atoms with Crippen molar-refractivity contribution >= 4 is 11.8 Å². The fourth-order valence-electron chi connectivity index (χ4n) is 1.57. The van der Waals surface area contributed by atoms with E-state index in [0.717, 1.165) is 11.3 Å². The van der Waals surface area contributed by atoms with Gasteiger partial charge in [-0.15, -0.1) is 0 Å². The largest absolute Gasteiger partial charge is 0.490 e. The normalized spacial score (nSPS) is 10.1.